The normalized spacial score (nSPS) is 12.8. The molecule has 84 valence electrons. The van der Waals surface area contributed by atoms with Crippen molar-refractivity contribution in [2.45, 2.75) is 6.10 Å². The highest BCUT2D eigenvalue weighted by molar-refractivity contribution is 9.10. The molecule has 0 saturated heterocycles. The van der Waals surface area contributed by atoms with E-state index in [1.165, 1.54) is 23.5 Å². The highest BCUT2D eigenvalue weighted by Gasteiger charge is 2.20. The third kappa shape index (κ3) is 2.14. The zero-order valence-electron chi connectivity index (χ0n) is 7.82. The highest BCUT2D eigenvalue weighted by atomic mass is 79.9. The van der Waals surface area contributed by atoms with Gasteiger partial charge in [0.25, 0.3) is 0 Å². The van der Waals surface area contributed by atoms with Gasteiger partial charge in [-0.15, -0.1) is 11.3 Å². The Balaban J connectivity index is 2.41. The fourth-order valence-electron chi connectivity index (χ4n) is 1.26. The number of hydrogen-bond donors (Lipinski definition) is 1. The van der Waals surface area contributed by atoms with Gasteiger partial charge in [-0.3, -0.25) is 0 Å². The van der Waals surface area contributed by atoms with Crippen molar-refractivity contribution in [2.24, 2.45) is 0 Å². The van der Waals surface area contributed by atoms with E-state index in [1.807, 2.05) is 0 Å². The van der Waals surface area contributed by atoms with Gasteiger partial charge in [0.2, 0.25) is 0 Å². The van der Waals surface area contributed by atoms with Crippen LogP contribution < -0.4 is 0 Å². The molecular weight excluding hydrogens is 300 g/mol. The van der Waals surface area contributed by atoms with Crippen LogP contribution in [0, 0.1) is 11.6 Å². The molecule has 0 aliphatic carbocycles. The van der Waals surface area contributed by atoms with Gasteiger partial charge in [-0.05, 0) is 22.0 Å². The summed E-state index contributed by atoms with van der Waals surface area (Å²) in [4.78, 5) is 3.95. The summed E-state index contributed by atoms with van der Waals surface area (Å²) in [6, 6.07) is 3.68. The molecule has 1 atom stereocenters. The first-order valence-corrected chi connectivity index (χ1v) is 5.99. The van der Waals surface area contributed by atoms with Crippen molar-refractivity contribution in [3.63, 3.8) is 0 Å². The number of halogens is 3. The molecule has 6 heteroatoms. The summed E-state index contributed by atoms with van der Waals surface area (Å²) in [6.45, 7) is 0. The van der Waals surface area contributed by atoms with E-state index in [2.05, 4.69) is 20.9 Å². The van der Waals surface area contributed by atoms with Crippen molar-refractivity contribution in [3.05, 3.63) is 50.4 Å². The van der Waals surface area contributed by atoms with E-state index in [4.69, 9.17) is 0 Å². The highest BCUT2D eigenvalue weighted by Crippen LogP contribution is 2.28. The summed E-state index contributed by atoms with van der Waals surface area (Å²) < 4.78 is 26.9. The molecule has 2 nitrogen and oxygen atoms in total. The predicted molar refractivity (Wildman–Crippen MR) is 60.2 cm³/mol. The molecule has 0 fully saturated rings. The topological polar surface area (TPSA) is 33.1 Å². The van der Waals surface area contributed by atoms with Crippen LogP contribution in [0.25, 0.3) is 0 Å². The lowest BCUT2D eigenvalue weighted by molar-refractivity contribution is 0.212. The van der Waals surface area contributed by atoms with Gasteiger partial charge in [-0.2, -0.15) is 0 Å². The Hall–Kier alpha value is -0.850. The SMILES string of the molecule is OC(c1nc(Br)cs1)c1cccc(F)c1F. The zero-order valence-corrected chi connectivity index (χ0v) is 10.2. The number of thiazole rings is 1. The van der Waals surface area contributed by atoms with E-state index in [1.54, 1.807) is 5.38 Å². The van der Waals surface area contributed by atoms with Gasteiger partial charge in [-0.1, -0.05) is 12.1 Å². The van der Waals surface area contributed by atoms with Crippen molar-refractivity contribution in [2.75, 3.05) is 0 Å². The lowest BCUT2D eigenvalue weighted by atomic mass is 10.1. The molecule has 2 rings (SSSR count). The number of nitrogens with zero attached hydrogens (tertiary/aromatic N) is 1. The van der Waals surface area contributed by atoms with Gasteiger partial charge in [0, 0.05) is 10.9 Å². The Morgan fingerprint density at radius 1 is 1.38 bits per heavy atom. The summed E-state index contributed by atoms with van der Waals surface area (Å²) in [7, 11) is 0. The summed E-state index contributed by atoms with van der Waals surface area (Å²) in [5.74, 6) is -2.02. The Labute approximate surface area is 103 Å². The molecule has 1 N–H and O–H groups in total. The van der Waals surface area contributed by atoms with Crippen molar-refractivity contribution >= 4 is 27.3 Å². The van der Waals surface area contributed by atoms with Gasteiger partial charge in [0.05, 0.1) is 0 Å². The minimum absolute atomic E-state index is 0.109. The first-order valence-electron chi connectivity index (χ1n) is 4.32. The number of aromatic nitrogens is 1. The lowest BCUT2D eigenvalue weighted by Crippen LogP contribution is -2.03. The van der Waals surface area contributed by atoms with Crippen molar-refractivity contribution in [1.29, 1.82) is 0 Å². The third-order valence-corrected chi connectivity index (χ3v) is 3.61. The molecule has 0 amide bonds. The van der Waals surface area contributed by atoms with E-state index in [0.717, 1.165) is 6.07 Å². The van der Waals surface area contributed by atoms with Crippen LogP contribution in [0.3, 0.4) is 0 Å². The average molecular weight is 306 g/mol. The Morgan fingerprint density at radius 2 is 2.12 bits per heavy atom. The van der Waals surface area contributed by atoms with E-state index in [0.29, 0.717) is 9.61 Å². The van der Waals surface area contributed by atoms with Crippen LogP contribution in [0.1, 0.15) is 16.7 Å². The molecule has 1 heterocycles. The second-order valence-corrected chi connectivity index (χ2v) is 4.76. The maximum Gasteiger partial charge on any atom is 0.165 e. The Kier molecular flexibility index (Phi) is 3.32. The summed E-state index contributed by atoms with van der Waals surface area (Å²) in [5, 5.41) is 11.8. The molecule has 1 unspecified atom stereocenters. The van der Waals surface area contributed by atoms with E-state index in [9.17, 15) is 13.9 Å². The molecule has 1 aromatic heterocycles. The van der Waals surface area contributed by atoms with Gasteiger partial charge in [0.15, 0.2) is 11.6 Å². The Bertz CT molecular complexity index is 517. The third-order valence-electron chi connectivity index (χ3n) is 2.00. The fourth-order valence-corrected chi connectivity index (χ4v) is 2.52. The van der Waals surface area contributed by atoms with Crippen LogP contribution in [0.15, 0.2) is 28.2 Å². The molecule has 0 aliphatic heterocycles. The minimum Gasteiger partial charge on any atom is -0.381 e. The van der Waals surface area contributed by atoms with Gasteiger partial charge in [-0.25, -0.2) is 13.8 Å². The molecule has 16 heavy (non-hydrogen) atoms. The molecule has 2 aromatic rings. The number of benzene rings is 1. The standard InChI is InChI=1S/C10H6BrF2NOS/c11-7-4-16-10(14-7)9(15)5-2-1-3-6(12)8(5)13/h1-4,9,15H. The molecule has 0 aliphatic rings. The van der Waals surface area contributed by atoms with Crippen LogP contribution in [-0.4, -0.2) is 10.1 Å². The first kappa shape index (κ1) is 11.6. The smallest absolute Gasteiger partial charge is 0.165 e. The molecule has 0 saturated carbocycles. The first-order chi connectivity index (χ1) is 7.59. The van der Waals surface area contributed by atoms with Crippen LogP contribution in [0.4, 0.5) is 8.78 Å². The van der Waals surface area contributed by atoms with Crippen LogP contribution in [0.2, 0.25) is 0 Å². The monoisotopic (exact) mass is 305 g/mol. The van der Waals surface area contributed by atoms with Gasteiger partial charge in [0.1, 0.15) is 15.7 Å². The van der Waals surface area contributed by atoms with Crippen molar-refractivity contribution in [3.8, 4) is 0 Å². The van der Waals surface area contributed by atoms with Gasteiger partial charge < -0.3 is 5.11 Å². The maximum absolute atomic E-state index is 13.4. The average Bonchev–Trinajstić information content (AvgIpc) is 2.68. The molecule has 0 spiro atoms. The largest absolute Gasteiger partial charge is 0.381 e. The molecule has 0 bridgehead atoms. The summed E-state index contributed by atoms with van der Waals surface area (Å²) >= 11 is 4.30. The second kappa shape index (κ2) is 4.57. The van der Waals surface area contributed by atoms with E-state index in [-0.39, 0.29) is 5.56 Å². The van der Waals surface area contributed by atoms with Gasteiger partial charge >= 0.3 is 0 Å². The van der Waals surface area contributed by atoms with Crippen LogP contribution in [-0.2, 0) is 0 Å². The number of rotatable bonds is 2. The lowest BCUT2D eigenvalue weighted by Gasteiger charge is -2.08. The molecule has 1 aromatic carbocycles. The van der Waals surface area contributed by atoms with Crippen molar-refractivity contribution < 1.29 is 13.9 Å². The van der Waals surface area contributed by atoms with Crippen molar-refractivity contribution in [1.82, 2.24) is 4.98 Å². The van der Waals surface area contributed by atoms with E-state index < -0.39 is 17.7 Å². The maximum atomic E-state index is 13.4. The predicted octanol–water partition coefficient (Wildman–Crippen LogP) is 3.27. The van der Waals surface area contributed by atoms with E-state index >= 15 is 0 Å². The molecular formula is C10H6BrF2NOS. The zero-order chi connectivity index (χ0) is 11.7. The Morgan fingerprint density at radius 3 is 2.75 bits per heavy atom. The van der Waals surface area contributed by atoms with Crippen LogP contribution in [0.5, 0.6) is 0 Å². The number of hydrogen-bond acceptors (Lipinski definition) is 3. The number of aliphatic hydroxyl groups is 1. The fraction of sp³-hybridized carbons (Fsp3) is 0.100. The quantitative estimate of drug-likeness (QED) is 0.924. The number of aliphatic hydroxyl groups excluding tert-OH is 1. The second-order valence-electron chi connectivity index (χ2n) is 3.05. The minimum atomic E-state index is -1.24. The van der Waals surface area contributed by atoms with Crippen LogP contribution >= 0.6 is 27.3 Å². The summed E-state index contributed by atoms with van der Waals surface area (Å²) in [5.41, 5.74) is -0.109. The molecule has 0 radical (unpaired) electrons. The summed E-state index contributed by atoms with van der Waals surface area (Å²) in [6.07, 6.45) is -1.24.